The topological polar surface area (TPSA) is 115 Å². The molecular formula is C26H31N3O7. The second-order valence-electron chi connectivity index (χ2n) is 8.66. The Morgan fingerprint density at radius 1 is 1.03 bits per heavy atom. The van der Waals surface area contributed by atoms with Crippen LogP contribution in [0.2, 0.25) is 0 Å². The van der Waals surface area contributed by atoms with Crippen molar-refractivity contribution in [1.29, 1.82) is 0 Å². The van der Waals surface area contributed by atoms with Crippen LogP contribution in [-0.4, -0.2) is 75.9 Å². The standard InChI is InChI=1S/C26H31N3O7/c1-33-13-10-27-25(31)23(28-24(30)18-6-7-21-22(15-18)36-16-35-21)17-8-11-29(12-9-17)26(32)19-4-3-5-20(14-19)34-2/h3-7,14-15,17,23H,8-13,16H2,1-2H3,(H,27,31)(H,28,30)/t23-/m0/s1. The van der Waals surface area contributed by atoms with E-state index >= 15 is 0 Å². The van der Waals surface area contributed by atoms with Crippen molar-refractivity contribution in [3.8, 4) is 17.2 Å². The molecular weight excluding hydrogens is 466 g/mol. The minimum Gasteiger partial charge on any atom is -0.497 e. The second-order valence-corrected chi connectivity index (χ2v) is 8.66. The average molecular weight is 498 g/mol. The van der Waals surface area contributed by atoms with Crippen LogP contribution in [0.1, 0.15) is 33.6 Å². The Labute approximate surface area is 209 Å². The minimum atomic E-state index is -0.756. The molecule has 2 aliphatic heterocycles. The van der Waals surface area contributed by atoms with Crippen LogP contribution in [0, 0.1) is 5.92 Å². The van der Waals surface area contributed by atoms with E-state index in [1.54, 1.807) is 61.6 Å². The Kier molecular flexibility index (Phi) is 8.27. The fraction of sp³-hybridized carbons (Fsp3) is 0.423. The van der Waals surface area contributed by atoms with E-state index < -0.39 is 6.04 Å². The van der Waals surface area contributed by atoms with Crippen LogP contribution in [0.25, 0.3) is 0 Å². The van der Waals surface area contributed by atoms with E-state index in [2.05, 4.69) is 10.6 Å². The highest BCUT2D eigenvalue weighted by Gasteiger charge is 2.34. The van der Waals surface area contributed by atoms with Gasteiger partial charge in [-0.3, -0.25) is 14.4 Å². The van der Waals surface area contributed by atoms with Gasteiger partial charge in [-0.1, -0.05) is 6.07 Å². The van der Waals surface area contributed by atoms with Gasteiger partial charge in [0.05, 0.1) is 13.7 Å². The van der Waals surface area contributed by atoms with E-state index in [1.807, 2.05) is 0 Å². The van der Waals surface area contributed by atoms with Crippen LogP contribution in [0.4, 0.5) is 0 Å². The van der Waals surface area contributed by atoms with Gasteiger partial charge in [0.2, 0.25) is 12.7 Å². The lowest BCUT2D eigenvalue weighted by atomic mass is 9.88. The molecule has 0 saturated carbocycles. The Hall–Kier alpha value is -3.79. The van der Waals surface area contributed by atoms with E-state index in [4.69, 9.17) is 18.9 Å². The summed E-state index contributed by atoms with van der Waals surface area (Å²) in [6, 6.07) is 11.2. The summed E-state index contributed by atoms with van der Waals surface area (Å²) in [7, 11) is 3.12. The van der Waals surface area contributed by atoms with Crippen LogP contribution < -0.4 is 24.8 Å². The zero-order valence-corrected chi connectivity index (χ0v) is 20.5. The molecule has 1 saturated heterocycles. The number of piperidine rings is 1. The fourth-order valence-corrected chi connectivity index (χ4v) is 4.42. The molecule has 1 atom stereocenters. The quantitative estimate of drug-likeness (QED) is 0.508. The number of carbonyl (C=O) groups excluding carboxylic acids is 3. The van der Waals surface area contributed by atoms with Gasteiger partial charge >= 0.3 is 0 Å². The molecule has 0 aliphatic carbocycles. The lowest BCUT2D eigenvalue weighted by Gasteiger charge is -2.36. The Balaban J connectivity index is 1.43. The molecule has 4 rings (SSSR count). The van der Waals surface area contributed by atoms with E-state index in [0.29, 0.717) is 67.5 Å². The maximum Gasteiger partial charge on any atom is 0.253 e. The zero-order chi connectivity index (χ0) is 25.5. The number of carbonyl (C=O) groups is 3. The van der Waals surface area contributed by atoms with Gasteiger partial charge in [-0.25, -0.2) is 0 Å². The van der Waals surface area contributed by atoms with Crippen molar-refractivity contribution < 1.29 is 33.3 Å². The molecule has 2 aromatic rings. The van der Waals surface area contributed by atoms with Gasteiger partial charge in [0.15, 0.2) is 11.5 Å². The summed E-state index contributed by atoms with van der Waals surface area (Å²) in [5, 5.41) is 5.74. The first kappa shape index (κ1) is 25.3. The molecule has 0 unspecified atom stereocenters. The highest BCUT2D eigenvalue weighted by Crippen LogP contribution is 2.32. The first-order chi connectivity index (χ1) is 17.5. The van der Waals surface area contributed by atoms with Crippen molar-refractivity contribution in [2.75, 3.05) is 47.3 Å². The Morgan fingerprint density at radius 2 is 1.81 bits per heavy atom. The van der Waals surface area contributed by atoms with Crippen molar-refractivity contribution >= 4 is 17.7 Å². The second kappa shape index (κ2) is 11.8. The number of fused-ring (bicyclic) bond motifs is 1. The number of likely N-dealkylation sites (tertiary alicyclic amines) is 1. The Bertz CT molecular complexity index is 1100. The highest BCUT2D eigenvalue weighted by molar-refractivity contribution is 5.98. The summed E-state index contributed by atoms with van der Waals surface area (Å²) < 4.78 is 20.9. The molecule has 1 fully saturated rings. The van der Waals surface area contributed by atoms with E-state index in [0.717, 1.165) is 0 Å². The van der Waals surface area contributed by atoms with Gasteiger partial charge in [0.25, 0.3) is 11.8 Å². The third kappa shape index (κ3) is 5.88. The molecule has 10 nitrogen and oxygen atoms in total. The number of amides is 3. The van der Waals surface area contributed by atoms with Gasteiger partial charge in [0, 0.05) is 37.9 Å². The van der Waals surface area contributed by atoms with Crippen molar-refractivity contribution in [2.45, 2.75) is 18.9 Å². The number of rotatable bonds is 9. The molecule has 10 heteroatoms. The van der Waals surface area contributed by atoms with Crippen molar-refractivity contribution in [2.24, 2.45) is 5.92 Å². The van der Waals surface area contributed by atoms with Gasteiger partial charge < -0.3 is 34.5 Å². The monoisotopic (exact) mass is 497 g/mol. The largest absolute Gasteiger partial charge is 0.497 e. The number of nitrogens with zero attached hydrogens (tertiary/aromatic N) is 1. The molecule has 0 aromatic heterocycles. The fourth-order valence-electron chi connectivity index (χ4n) is 4.42. The van der Waals surface area contributed by atoms with Crippen molar-refractivity contribution in [3.63, 3.8) is 0 Å². The van der Waals surface area contributed by atoms with Crippen LogP contribution in [-0.2, 0) is 9.53 Å². The lowest BCUT2D eigenvalue weighted by molar-refractivity contribution is -0.124. The summed E-state index contributed by atoms with van der Waals surface area (Å²) in [6.07, 6.45) is 1.14. The molecule has 0 bridgehead atoms. The molecule has 0 spiro atoms. The van der Waals surface area contributed by atoms with Gasteiger partial charge in [0.1, 0.15) is 11.8 Å². The molecule has 2 heterocycles. The summed E-state index contributed by atoms with van der Waals surface area (Å²) >= 11 is 0. The smallest absolute Gasteiger partial charge is 0.253 e. The highest BCUT2D eigenvalue weighted by atomic mass is 16.7. The molecule has 192 valence electrons. The first-order valence-electron chi connectivity index (χ1n) is 11.9. The summed E-state index contributed by atoms with van der Waals surface area (Å²) in [4.78, 5) is 40.9. The van der Waals surface area contributed by atoms with E-state index in [-0.39, 0.29) is 30.4 Å². The number of nitrogens with one attached hydrogen (secondary N) is 2. The number of hydrogen-bond donors (Lipinski definition) is 2. The number of methoxy groups -OCH3 is 2. The van der Waals surface area contributed by atoms with Crippen LogP contribution >= 0.6 is 0 Å². The predicted octanol–water partition coefficient (Wildman–Crippen LogP) is 1.84. The normalized spacial score (nSPS) is 15.8. The van der Waals surface area contributed by atoms with Gasteiger partial charge in [-0.15, -0.1) is 0 Å². The van der Waals surface area contributed by atoms with Crippen LogP contribution in [0.15, 0.2) is 42.5 Å². The first-order valence-corrected chi connectivity index (χ1v) is 11.9. The molecule has 2 aromatic carbocycles. The van der Waals surface area contributed by atoms with Gasteiger partial charge in [-0.2, -0.15) is 0 Å². The van der Waals surface area contributed by atoms with E-state index in [1.165, 1.54) is 0 Å². The molecule has 2 N–H and O–H groups in total. The van der Waals surface area contributed by atoms with E-state index in [9.17, 15) is 14.4 Å². The third-order valence-corrected chi connectivity index (χ3v) is 6.42. The molecule has 0 radical (unpaired) electrons. The minimum absolute atomic E-state index is 0.0853. The maximum absolute atomic E-state index is 13.1. The lowest BCUT2D eigenvalue weighted by Crippen LogP contribution is -2.54. The van der Waals surface area contributed by atoms with Crippen molar-refractivity contribution in [3.05, 3.63) is 53.6 Å². The molecule has 36 heavy (non-hydrogen) atoms. The van der Waals surface area contributed by atoms with Crippen molar-refractivity contribution in [1.82, 2.24) is 15.5 Å². The molecule has 2 aliphatic rings. The summed E-state index contributed by atoms with van der Waals surface area (Å²) in [6.45, 7) is 1.75. The number of hydrogen-bond acceptors (Lipinski definition) is 7. The SMILES string of the molecule is COCCNC(=O)[C@@H](NC(=O)c1ccc2c(c1)OCO2)C1CCN(C(=O)c2cccc(OC)c2)CC1. The third-order valence-electron chi connectivity index (χ3n) is 6.42. The number of benzene rings is 2. The predicted molar refractivity (Wildman–Crippen MR) is 130 cm³/mol. The number of ether oxygens (including phenoxy) is 4. The zero-order valence-electron chi connectivity index (χ0n) is 20.5. The summed E-state index contributed by atoms with van der Waals surface area (Å²) in [5.41, 5.74) is 0.928. The summed E-state index contributed by atoms with van der Waals surface area (Å²) in [5.74, 6) is 0.808. The van der Waals surface area contributed by atoms with Gasteiger partial charge in [-0.05, 0) is 55.2 Å². The molecule has 3 amide bonds. The Morgan fingerprint density at radius 3 is 2.56 bits per heavy atom. The van der Waals surface area contributed by atoms with Crippen LogP contribution in [0.5, 0.6) is 17.2 Å². The van der Waals surface area contributed by atoms with Crippen LogP contribution in [0.3, 0.4) is 0 Å². The maximum atomic E-state index is 13.1. The average Bonchev–Trinajstić information content (AvgIpc) is 3.39.